The van der Waals surface area contributed by atoms with Crippen LogP contribution in [0.1, 0.15) is 33.4 Å². The highest BCUT2D eigenvalue weighted by Crippen LogP contribution is 2.27. The van der Waals surface area contributed by atoms with Gasteiger partial charge in [-0.15, -0.1) is 19.3 Å². The fourth-order valence-corrected chi connectivity index (χ4v) is 2.67. The Kier molecular flexibility index (Phi) is 5.05. The van der Waals surface area contributed by atoms with Crippen molar-refractivity contribution in [3.05, 3.63) is 106 Å². The number of terminal acetylenes is 3. The zero-order valence-electron chi connectivity index (χ0n) is 14.2. The van der Waals surface area contributed by atoms with Crippen LogP contribution in [-0.2, 0) is 0 Å². The Morgan fingerprint density at radius 2 is 0.885 bits per heavy atom. The summed E-state index contributed by atoms with van der Waals surface area (Å²) in [7, 11) is 0. The highest BCUT2D eigenvalue weighted by atomic mass is 14.1. The molecule has 0 fully saturated rings. The highest BCUT2D eigenvalue weighted by molar-refractivity contribution is 5.91. The van der Waals surface area contributed by atoms with Crippen LogP contribution in [0, 0.1) is 37.0 Å². The summed E-state index contributed by atoms with van der Waals surface area (Å²) in [5, 5.41) is 0. The average molecular weight is 328 g/mol. The van der Waals surface area contributed by atoms with Gasteiger partial charge in [-0.25, -0.2) is 0 Å². The van der Waals surface area contributed by atoms with E-state index >= 15 is 0 Å². The molecule has 0 bridgehead atoms. The Morgan fingerprint density at radius 1 is 0.538 bits per heavy atom. The summed E-state index contributed by atoms with van der Waals surface area (Å²) in [5.41, 5.74) is 6.90. The van der Waals surface area contributed by atoms with Crippen molar-refractivity contribution in [3.8, 4) is 37.0 Å². The molecule has 0 N–H and O–H groups in total. The van der Waals surface area contributed by atoms with Gasteiger partial charge in [-0.2, -0.15) is 0 Å². The maximum Gasteiger partial charge on any atom is 0.0243 e. The van der Waals surface area contributed by atoms with E-state index in [9.17, 15) is 0 Å². The van der Waals surface area contributed by atoms with Gasteiger partial charge in [-0.1, -0.05) is 54.2 Å². The molecule has 0 saturated carbocycles. The van der Waals surface area contributed by atoms with E-state index in [-0.39, 0.29) is 0 Å². The summed E-state index contributed by atoms with van der Waals surface area (Å²) in [6, 6.07) is 23.8. The number of hydrogen-bond acceptors (Lipinski definition) is 0. The fraction of sp³-hybridized carbons (Fsp3) is 0. The van der Waals surface area contributed by atoms with Crippen LogP contribution in [0.3, 0.4) is 0 Å². The standard InChI is InChI=1S/C26H16/c1-4-20-7-9-23(10-8-20)19-26(24-15-11-21(5-2)12-16-24)25-17-13-22(6-3)14-18-25/h1-3,7-19H. The van der Waals surface area contributed by atoms with E-state index in [1.807, 2.05) is 72.8 Å². The maximum atomic E-state index is 5.47. The van der Waals surface area contributed by atoms with E-state index in [1.54, 1.807) is 0 Å². The predicted molar refractivity (Wildman–Crippen MR) is 110 cm³/mol. The van der Waals surface area contributed by atoms with Crippen molar-refractivity contribution in [2.24, 2.45) is 0 Å². The zero-order valence-corrected chi connectivity index (χ0v) is 14.2. The maximum absolute atomic E-state index is 5.47. The van der Waals surface area contributed by atoms with E-state index in [4.69, 9.17) is 19.3 Å². The van der Waals surface area contributed by atoms with Gasteiger partial charge in [0.2, 0.25) is 0 Å². The molecule has 0 nitrogen and oxygen atoms in total. The summed E-state index contributed by atoms with van der Waals surface area (Å²) < 4.78 is 0. The Labute approximate surface area is 155 Å². The van der Waals surface area contributed by atoms with Crippen LogP contribution in [-0.4, -0.2) is 0 Å². The lowest BCUT2D eigenvalue weighted by molar-refractivity contribution is 1.52. The van der Waals surface area contributed by atoms with Crippen LogP contribution in [0.4, 0.5) is 0 Å². The van der Waals surface area contributed by atoms with Crippen LogP contribution in [0.5, 0.6) is 0 Å². The summed E-state index contributed by atoms with van der Waals surface area (Å²) in [6.07, 6.45) is 18.5. The third-order valence-corrected chi connectivity index (χ3v) is 4.11. The largest absolute Gasteiger partial charge is 0.115 e. The monoisotopic (exact) mass is 328 g/mol. The molecular weight excluding hydrogens is 312 g/mol. The topological polar surface area (TPSA) is 0 Å². The van der Waals surface area contributed by atoms with Crippen molar-refractivity contribution in [2.45, 2.75) is 0 Å². The second-order valence-electron chi connectivity index (χ2n) is 5.77. The summed E-state index contributed by atoms with van der Waals surface area (Å²) in [5.74, 6) is 7.94. The Morgan fingerprint density at radius 3 is 1.23 bits per heavy atom. The molecule has 0 atom stereocenters. The van der Waals surface area contributed by atoms with Crippen molar-refractivity contribution in [1.29, 1.82) is 0 Å². The first-order valence-electron chi connectivity index (χ1n) is 8.16. The first-order chi connectivity index (χ1) is 12.7. The molecule has 0 aliphatic rings. The lowest BCUT2D eigenvalue weighted by Gasteiger charge is -2.10. The van der Waals surface area contributed by atoms with Crippen LogP contribution in [0.25, 0.3) is 11.6 Å². The molecule has 0 saturated heterocycles. The van der Waals surface area contributed by atoms with E-state index in [2.05, 4.69) is 23.8 Å². The third kappa shape index (κ3) is 3.76. The van der Waals surface area contributed by atoms with Crippen LogP contribution >= 0.6 is 0 Å². The molecule has 0 radical (unpaired) electrons. The minimum absolute atomic E-state index is 0.856. The average Bonchev–Trinajstić information content (AvgIpc) is 2.73. The first-order valence-corrected chi connectivity index (χ1v) is 8.16. The van der Waals surface area contributed by atoms with Gasteiger partial charge in [0.15, 0.2) is 0 Å². The van der Waals surface area contributed by atoms with E-state index in [0.29, 0.717) is 0 Å². The summed E-state index contributed by atoms with van der Waals surface area (Å²) in [6.45, 7) is 0. The van der Waals surface area contributed by atoms with Crippen molar-refractivity contribution >= 4 is 11.6 Å². The predicted octanol–water partition coefficient (Wildman–Crippen LogP) is 5.22. The molecular formula is C26H16. The molecule has 3 rings (SSSR count). The molecule has 0 aliphatic heterocycles. The first kappa shape index (κ1) is 16.9. The van der Waals surface area contributed by atoms with Crippen LogP contribution < -0.4 is 0 Å². The Hall–Kier alpha value is -3.92. The molecule has 3 aromatic carbocycles. The molecule has 0 spiro atoms. The molecule has 0 aliphatic carbocycles. The third-order valence-electron chi connectivity index (χ3n) is 4.11. The smallest absolute Gasteiger partial charge is 0.0243 e. The second kappa shape index (κ2) is 7.77. The van der Waals surface area contributed by atoms with Gasteiger partial charge in [0.25, 0.3) is 0 Å². The molecule has 0 aromatic heterocycles. The van der Waals surface area contributed by atoms with Gasteiger partial charge in [0.05, 0.1) is 0 Å². The fourth-order valence-electron chi connectivity index (χ4n) is 2.67. The minimum atomic E-state index is 0.856. The van der Waals surface area contributed by atoms with Gasteiger partial charge in [-0.3, -0.25) is 0 Å². The number of hydrogen-bond donors (Lipinski definition) is 0. The van der Waals surface area contributed by atoms with E-state index in [0.717, 1.165) is 39.0 Å². The number of benzene rings is 3. The molecule has 26 heavy (non-hydrogen) atoms. The van der Waals surface area contributed by atoms with Crippen molar-refractivity contribution in [2.75, 3.05) is 0 Å². The molecule has 0 unspecified atom stereocenters. The van der Waals surface area contributed by atoms with Crippen molar-refractivity contribution in [1.82, 2.24) is 0 Å². The van der Waals surface area contributed by atoms with Gasteiger partial charge in [0, 0.05) is 16.7 Å². The molecule has 120 valence electrons. The SMILES string of the molecule is C#Cc1ccc(C=C(c2ccc(C#C)cc2)c2ccc(C#C)cc2)cc1. The molecule has 0 amide bonds. The van der Waals surface area contributed by atoms with Crippen molar-refractivity contribution in [3.63, 3.8) is 0 Å². The summed E-state index contributed by atoms with van der Waals surface area (Å²) >= 11 is 0. The van der Waals surface area contributed by atoms with E-state index in [1.165, 1.54) is 0 Å². The van der Waals surface area contributed by atoms with Crippen LogP contribution in [0.15, 0.2) is 72.8 Å². The zero-order chi connectivity index (χ0) is 18.4. The quantitative estimate of drug-likeness (QED) is 0.457. The van der Waals surface area contributed by atoms with E-state index < -0.39 is 0 Å². The molecule has 0 heterocycles. The number of rotatable bonds is 3. The summed E-state index contributed by atoms with van der Waals surface area (Å²) in [4.78, 5) is 0. The van der Waals surface area contributed by atoms with Crippen molar-refractivity contribution < 1.29 is 0 Å². The molecule has 3 aromatic rings. The van der Waals surface area contributed by atoms with Gasteiger partial charge >= 0.3 is 0 Å². The Balaban J connectivity index is 2.10. The lowest BCUT2D eigenvalue weighted by Crippen LogP contribution is -1.90. The van der Waals surface area contributed by atoms with Gasteiger partial charge in [-0.05, 0) is 64.7 Å². The highest BCUT2D eigenvalue weighted by Gasteiger charge is 2.06. The van der Waals surface area contributed by atoms with Gasteiger partial charge in [0.1, 0.15) is 0 Å². The van der Waals surface area contributed by atoms with Gasteiger partial charge < -0.3 is 0 Å². The Bertz CT molecular complexity index is 994. The normalized spacial score (nSPS) is 9.42. The second-order valence-corrected chi connectivity index (χ2v) is 5.77. The minimum Gasteiger partial charge on any atom is -0.115 e. The van der Waals surface area contributed by atoms with Crippen LogP contribution in [0.2, 0.25) is 0 Å². The lowest BCUT2D eigenvalue weighted by atomic mass is 9.94. The molecule has 0 heteroatoms.